The van der Waals surface area contributed by atoms with Crippen molar-refractivity contribution < 1.29 is 19.1 Å². The lowest BCUT2D eigenvalue weighted by atomic mass is 9.88. The van der Waals surface area contributed by atoms with E-state index in [1.807, 2.05) is 81.4 Å². The van der Waals surface area contributed by atoms with Gasteiger partial charge < -0.3 is 14.4 Å². The largest absolute Gasteiger partial charge is 0.444 e. The first-order valence-electron chi connectivity index (χ1n) is 11.3. The molecule has 2 aromatic rings. The van der Waals surface area contributed by atoms with Gasteiger partial charge in [-0.05, 0) is 42.6 Å². The Labute approximate surface area is 192 Å². The predicted molar refractivity (Wildman–Crippen MR) is 130 cm³/mol. The molecular weight excluding hydrogens is 418 g/mol. The van der Waals surface area contributed by atoms with E-state index in [1.165, 1.54) is 0 Å². The Morgan fingerprint density at radius 3 is 1.97 bits per heavy atom. The van der Waals surface area contributed by atoms with Crippen LogP contribution in [0, 0.1) is 5.92 Å². The number of benzene rings is 2. The average Bonchev–Trinajstić information content (AvgIpc) is 2.74. The SMILES string of the molecule is CC(C)(C)OC(=O)N1CCC(=O)C(CC(C)(C)[Si](O)(c2ccccc2)c2ccccc2)C1. The lowest BCUT2D eigenvalue weighted by Gasteiger charge is -2.44. The molecule has 1 aliphatic rings. The highest BCUT2D eigenvalue weighted by Gasteiger charge is 2.51. The van der Waals surface area contributed by atoms with Crippen LogP contribution in [-0.2, 0) is 9.53 Å². The first-order valence-corrected chi connectivity index (χ1v) is 13.2. The summed E-state index contributed by atoms with van der Waals surface area (Å²) in [5, 5.41) is 1.29. The van der Waals surface area contributed by atoms with E-state index in [0.717, 1.165) is 10.4 Å². The van der Waals surface area contributed by atoms with Crippen molar-refractivity contribution in [1.82, 2.24) is 4.90 Å². The minimum absolute atomic E-state index is 0.148. The van der Waals surface area contributed by atoms with Gasteiger partial charge in [0.2, 0.25) is 0 Å². The molecule has 1 aliphatic heterocycles. The molecule has 1 heterocycles. The summed E-state index contributed by atoms with van der Waals surface area (Å²) in [7, 11) is -3.22. The number of hydrogen-bond acceptors (Lipinski definition) is 4. The van der Waals surface area contributed by atoms with Crippen molar-refractivity contribution >= 4 is 30.6 Å². The number of hydrogen-bond donors (Lipinski definition) is 1. The lowest BCUT2D eigenvalue weighted by molar-refractivity contribution is -0.126. The third-order valence-electron chi connectivity index (χ3n) is 6.30. The third kappa shape index (κ3) is 5.13. The molecule has 6 heteroatoms. The molecule has 1 fully saturated rings. The monoisotopic (exact) mass is 453 g/mol. The van der Waals surface area contributed by atoms with Crippen LogP contribution < -0.4 is 10.4 Å². The van der Waals surface area contributed by atoms with Crippen LogP contribution in [0.1, 0.15) is 47.5 Å². The molecule has 1 unspecified atom stereocenters. The Kier molecular flexibility index (Phi) is 6.96. The van der Waals surface area contributed by atoms with Gasteiger partial charge in [0, 0.05) is 25.4 Å². The second-order valence-corrected chi connectivity index (χ2v) is 14.3. The molecule has 1 N–H and O–H groups in total. The maximum absolute atomic E-state index is 12.9. The molecule has 0 bridgehead atoms. The van der Waals surface area contributed by atoms with Crippen molar-refractivity contribution in [3.63, 3.8) is 0 Å². The second-order valence-electron chi connectivity index (χ2n) is 10.4. The van der Waals surface area contributed by atoms with E-state index in [4.69, 9.17) is 4.74 Å². The van der Waals surface area contributed by atoms with Crippen molar-refractivity contribution in [1.29, 1.82) is 0 Å². The van der Waals surface area contributed by atoms with Gasteiger partial charge in [-0.1, -0.05) is 74.5 Å². The van der Waals surface area contributed by atoms with Gasteiger partial charge in [-0.2, -0.15) is 0 Å². The van der Waals surface area contributed by atoms with Crippen LogP contribution in [0.2, 0.25) is 5.04 Å². The molecule has 32 heavy (non-hydrogen) atoms. The fourth-order valence-electron chi connectivity index (χ4n) is 4.65. The molecule has 1 atom stereocenters. The normalized spacial score (nSPS) is 17.9. The van der Waals surface area contributed by atoms with E-state index in [-0.39, 0.29) is 17.8 Å². The summed E-state index contributed by atoms with van der Waals surface area (Å²) in [6.07, 6.45) is 0.431. The molecule has 0 radical (unpaired) electrons. The highest BCUT2D eigenvalue weighted by molar-refractivity contribution is 6.98. The van der Waals surface area contributed by atoms with E-state index in [2.05, 4.69) is 13.8 Å². The van der Waals surface area contributed by atoms with Gasteiger partial charge in [-0.15, -0.1) is 0 Å². The Balaban J connectivity index is 1.90. The van der Waals surface area contributed by atoms with E-state index >= 15 is 0 Å². The smallest absolute Gasteiger partial charge is 0.410 e. The molecular formula is C26H35NO4Si. The number of nitrogens with zero attached hydrogens (tertiary/aromatic N) is 1. The van der Waals surface area contributed by atoms with Gasteiger partial charge in [0.25, 0.3) is 8.32 Å². The first kappa shape index (κ1) is 24.2. The summed E-state index contributed by atoms with van der Waals surface area (Å²) >= 11 is 0. The number of piperidine rings is 1. The number of Topliss-reactive ketones (excluding diaryl/α,β-unsaturated/α-hetero) is 1. The van der Waals surface area contributed by atoms with Crippen molar-refractivity contribution in [3.05, 3.63) is 60.7 Å². The molecule has 3 rings (SSSR count). The summed E-state index contributed by atoms with van der Waals surface area (Å²) in [6.45, 7) is 10.3. The molecule has 2 aromatic carbocycles. The third-order valence-corrected chi connectivity index (χ3v) is 10.8. The highest BCUT2D eigenvalue weighted by atomic mass is 28.4. The molecule has 1 saturated heterocycles. The van der Waals surface area contributed by atoms with Crippen molar-refractivity contribution in [2.24, 2.45) is 5.92 Å². The van der Waals surface area contributed by atoms with E-state index in [9.17, 15) is 14.4 Å². The van der Waals surface area contributed by atoms with Crippen molar-refractivity contribution in [2.75, 3.05) is 13.1 Å². The molecule has 1 amide bonds. The molecule has 0 aliphatic carbocycles. The van der Waals surface area contributed by atoms with Gasteiger partial charge in [0.15, 0.2) is 0 Å². The Hall–Kier alpha value is -2.44. The van der Waals surface area contributed by atoms with Crippen LogP contribution in [0.3, 0.4) is 0 Å². The maximum atomic E-state index is 12.9. The van der Waals surface area contributed by atoms with Gasteiger partial charge in [-0.3, -0.25) is 4.79 Å². The highest BCUT2D eigenvalue weighted by Crippen LogP contribution is 2.42. The quantitative estimate of drug-likeness (QED) is 0.701. The molecule has 0 aromatic heterocycles. The molecule has 5 nitrogen and oxygen atoms in total. The number of likely N-dealkylation sites (tertiary alicyclic amines) is 1. The summed E-state index contributed by atoms with van der Waals surface area (Å²) in [5.41, 5.74) is -0.582. The number of amides is 1. The standard InChI is InChI=1S/C26H35NO4Si/c1-25(2,3)31-24(29)27-17-16-23(28)20(19-27)18-26(4,5)32(30,21-12-8-6-9-13-21)22-14-10-7-11-15-22/h6-15,20,30H,16-19H2,1-5H3. The topological polar surface area (TPSA) is 66.8 Å². The Morgan fingerprint density at radius 2 is 1.50 bits per heavy atom. The zero-order valence-electron chi connectivity index (χ0n) is 19.8. The summed E-state index contributed by atoms with van der Waals surface area (Å²) in [6, 6.07) is 19.6. The van der Waals surface area contributed by atoms with Crippen LogP contribution in [0.15, 0.2) is 60.7 Å². The molecule has 0 spiro atoms. The van der Waals surface area contributed by atoms with Gasteiger partial charge >= 0.3 is 6.09 Å². The summed E-state index contributed by atoms with van der Waals surface area (Å²) in [5.74, 6) is -0.187. The van der Waals surface area contributed by atoms with Crippen molar-refractivity contribution in [2.45, 2.75) is 58.1 Å². The summed E-state index contributed by atoms with van der Waals surface area (Å²) < 4.78 is 5.53. The number of rotatable bonds is 5. The molecule has 0 saturated carbocycles. The minimum Gasteiger partial charge on any atom is -0.444 e. The fraction of sp³-hybridized carbons (Fsp3) is 0.462. The van der Waals surface area contributed by atoms with Crippen LogP contribution in [0.4, 0.5) is 4.79 Å². The minimum atomic E-state index is -3.22. The van der Waals surface area contributed by atoms with Crippen LogP contribution >= 0.6 is 0 Å². The van der Waals surface area contributed by atoms with Crippen LogP contribution in [0.25, 0.3) is 0 Å². The van der Waals surface area contributed by atoms with Gasteiger partial charge in [0.05, 0.1) is 0 Å². The van der Waals surface area contributed by atoms with E-state index in [0.29, 0.717) is 25.9 Å². The average molecular weight is 454 g/mol. The summed E-state index contributed by atoms with van der Waals surface area (Å²) in [4.78, 5) is 39.5. The maximum Gasteiger partial charge on any atom is 0.410 e. The fourth-order valence-corrected chi connectivity index (χ4v) is 8.44. The zero-order chi connectivity index (χ0) is 23.6. The van der Waals surface area contributed by atoms with E-state index < -0.39 is 19.0 Å². The Morgan fingerprint density at radius 1 is 1.00 bits per heavy atom. The second kappa shape index (κ2) is 9.20. The number of ketones is 1. The Bertz CT molecular complexity index is 898. The van der Waals surface area contributed by atoms with Crippen LogP contribution in [0.5, 0.6) is 0 Å². The predicted octanol–water partition coefficient (Wildman–Crippen LogP) is 3.74. The number of ether oxygens (including phenoxy) is 1. The van der Waals surface area contributed by atoms with Crippen molar-refractivity contribution in [3.8, 4) is 0 Å². The zero-order valence-corrected chi connectivity index (χ0v) is 20.8. The lowest BCUT2D eigenvalue weighted by Crippen LogP contribution is -2.66. The first-order chi connectivity index (χ1) is 14.9. The van der Waals surface area contributed by atoms with Gasteiger partial charge in [0.1, 0.15) is 11.4 Å². The van der Waals surface area contributed by atoms with E-state index in [1.54, 1.807) is 4.90 Å². The molecule has 172 valence electrons. The van der Waals surface area contributed by atoms with Gasteiger partial charge in [-0.25, -0.2) is 4.79 Å². The number of carbonyl (C=O) groups excluding carboxylic acids is 2. The number of carbonyl (C=O) groups is 2. The van der Waals surface area contributed by atoms with Crippen LogP contribution in [-0.4, -0.2) is 48.6 Å².